The Hall–Kier alpha value is -2.60. The van der Waals surface area contributed by atoms with Crippen LogP contribution in [0.25, 0.3) is 11.3 Å². The SMILES string of the molecule is COc1ccc2c(c1)OCc1sc(N=Cc3ccco3)nc1-2. The van der Waals surface area contributed by atoms with Gasteiger partial charge in [0.1, 0.15) is 23.9 Å². The molecule has 0 fully saturated rings. The second-order valence-corrected chi connectivity index (χ2v) is 5.75. The Balaban J connectivity index is 1.69. The number of thiazole rings is 1. The van der Waals surface area contributed by atoms with Crippen LogP contribution in [0.1, 0.15) is 10.6 Å². The second kappa shape index (κ2) is 5.31. The smallest absolute Gasteiger partial charge is 0.210 e. The lowest BCUT2D eigenvalue weighted by molar-refractivity contribution is 0.303. The fraction of sp³-hybridized carbons (Fsp3) is 0.125. The summed E-state index contributed by atoms with van der Waals surface area (Å²) in [6.45, 7) is 0.503. The molecule has 22 heavy (non-hydrogen) atoms. The van der Waals surface area contributed by atoms with Crippen molar-refractivity contribution in [2.75, 3.05) is 7.11 Å². The van der Waals surface area contributed by atoms with Crippen LogP contribution in [0, 0.1) is 0 Å². The molecule has 5 nitrogen and oxygen atoms in total. The third kappa shape index (κ3) is 2.27. The van der Waals surface area contributed by atoms with Crippen LogP contribution < -0.4 is 9.47 Å². The molecule has 0 unspecified atom stereocenters. The van der Waals surface area contributed by atoms with E-state index in [1.54, 1.807) is 19.6 Å². The van der Waals surface area contributed by atoms with Gasteiger partial charge >= 0.3 is 0 Å². The minimum Gasteiger partial charge on any atom is -0.497 e. The summed E-state index contributed by atoms with van der Waals surface area (Å²) in [6, 6.07) is 9.42. The van der Waals surface area contributed by atoms with Gasteiger partial charge in [0.15, 0.2) is 0 Å². The molecule has 1 aliphatic rings. The average molecular weight is 312 g/mol. The van der Waals surface area contributed by atoms with E-state index in [0.717, 1.165) is 27.6 Å². The van der Waals surface area contributed by atoms with Crippen molar-refractivity contribution in [2.24, 2.45) is 4.99 Å². The summed E-state index contributed by atoms with van der Waals surface area (Å²) in [7, 11) is 1.64. The summed E-state index contributed by atoms with van der Waals surface area (Å²) in [5, 5.41) is 0.689. The van der Waals surface area contributed by atoms with Crippen molar-refractivity contribution in [3.63, 3.8) is 0 Å². The summed E-state index contributed by atoms with van der Waals surface area (Å²) in [4.78, 5) is 10.0. The first kappa shape index (κ1) is 13.1. The number of ether oxygens (including phenoxy) is 2. The van der Waals surface area contributed by atoms with Gasteiger partial charge in [-0.3, -0.25) is 0 Å². The van der Waals surface area contributed by atoms with E-state index >= 15 is 0 Å². The number of benzene rings is 1. The number of methoxy groups -OCH3 is 1. The average Bonchev–Trinajstić information content (AvgIpc) is 3.21. The molecule has 0 saturated carbocycles. The van der Waals surface area contributed by atoms with Crippen LogP contribution in [0.2, 0.25) is 0 Å². The van der Waals surface area contributed by atoms with Gasteiger partial charge in [-0.05, 0) is 24.3 Å². The molecule has 0 atom stereocenters. The number of hydrogen-bond donors (Lipinski definition) is 0. The minimum atomic E-state index is 0.503. The highest BCUT2D eigenvalue weighted by Gasteiger charge is 2.22. The van der Waals surface area contributed by atoms with E-state index in [0.29, 0.717) is 17.5 Å². The van der Waals surface area contributed by atoms with Crippen LogP contribution in [-0.2, 0) is 6.61 Å². The van der Waals surface area contributed by atoms with Gasteiger partial charge in [-0.1, -0.05) is 11.3 Å². The lowest BCUT2D eigenvalue weighted by Gasteiger charge is -2.16. The number of aliphatic imine (C=N–C) groups is 1. The van der Waals surface area contributed by atoms with Crippen LogP contribution in [0.4, 0.5) is 5.13 Å². The Morgan fingerprint density at radius 1 is 1.36 bits per heavy atom. The van der Waals surface area contributed by atoms with Crippen molar-refractivity contribution in [2.45, 2.75) is 6.61 Å². The predicted octanol–water partition coefficient (Wildman–Crippen LogP) is 4.05. The zero-order chi connectivity index (χ0) is 14.9. The minimum absolute atomic E-state index is 0.503. The number of aromatic nitrogens is 1. The van der Waals surface area contributed by atoms with Crippen molar-refractivity contribution in [3.8, 4) is 22.8 Å². The molecule has 1 aliphatic heterocycles. The normalized spacial score (nSPS) is 12.8. The zero-order valence-electron chi connectivity index (χ0n) is 11.8. The fourth-order valence-corrected chi connectivity index (χ4v) is 3.11. The van der Waals surface area contributed by atoms with E-state index in [4.69, 9.17) is 13.9 Å². The third-order valence-electron chi connectivity index (χ3n) is 3.33. The molecule has 110 valence electrons. The molecule has 3 heterocycles. The molecule has 2 aromatic heterocycles. The zero-order valence-corrected chi connectivity index (χ0v) is 12.6. The van der Waals surface area contributed by atoms with Crippen LogP contribution in [0.3, 0.4) is 0 Å². The summed E-state index contributed by atoms with van der Waals surface area (Å²) in [6.07, 6.45) is 3.28. The highest BCUT2D eigenvalue weighted by Crippen LogP contribution is 2.42. The first-order valence-electron chi connectivity index (χ1n) is 6.72. The molecule has 0 spiro atoms. The molecular weight excluding hydrogens is 300 g/mol. The van der Waals surface area contributed by atoms with Crippen molar-refractivity contribution in [1.29, 1.82) is 0 Å². The second-order valence-electron chi connectivity index (χ2n) is 4.69. The Labute approximate surface area is 130 Å². The quantitative estimate of drug-likeness (QED) is 0.684. The number of hydrogen-bond acceptors (Lipinski definition) is 6. The fourth-order valence-electron chi connectivity index (χ4n) is 2.27. The van der Waals surface area contributed by atoms with Crippen molar-refractivity contribution < 1.29 is 13.9 Å². The summed E-state index contributed by atoms with van der Waals surface area (Å²) in [5.74, 6) is 2.27. The number of nitrogens with zero attached hydrogens (tertiary/aromatic N) is 2. The van der Waals surface area contributed by atoms with Crippen molar-refractivity contribution in [1.82, 2.24) is 4.98 Å². The highest BCUT2D eigenvalue weighted by atomic mass is 32.1. The van der Waals surface area contributed by atoms with E-state index in [9.17, 15) is 0 Å². The number of rotatable bonds is 3. The van der Waals surface area contributed by atoms with Crippen LogP contribution >= 0.6 is 11.3 Å². The van der Waals surface area contributed by atoms with E-state index in [1.165, 1.54) is 11.3 Å². The van der Waals surface area contributed by atoms with Gasteiger partial charge in [-0.25, -0.2) is 9.98 Å². The standard InChI is InChI=1S/C16H12N2O3S/c1-19-10-4-5-12-13(7-10)21-9-14-15(12)18-16(22-14)17-8-11-3-2-6-20-11/h2-8H,9H2,1H3. The molecule has 0 aliphatic carbocycles. The summed E-state index contributed by atoms with van der Waals surface area (Å²) < 4.78 is 16.2. The lowest BCUT2D eigenvalue weighted by atomic mass is 10.1. The van der Waals surface area contributed by atoms with E-state index < -0.39 is 0 Å². The van der Waals surface area contributed by atoms with E-state index in [-0.39, 0.29) is 0 Å². The Bertz CT molecular complexity index is 837. The summed E-state index contributed by atoms with van der Waals surface area (Å²) >= 11 is 1.52. The van der Waals surface area contributed by atoms with Gasteiger partial charge in [0.2, 0.25) is 5.13 Å². The van der Waals surface area contributed by atoms with Crippen LogP contribution in [0.15, 0.2) is 46.0 Å². The van der Waals surface area contributed by atoms with Gasteiger partial charge in [0.25, 0.3) is 0 Å². The van der Waals surface area contributed by atoms with Gasteiger partial charge in [-0.15, -0.1) is 0 Å². The highest BCUT2D eigenvalue weighted by molar-refractivity contribution is 7.15. The van der Waals surface area contributed by atoms with Crippen LogP contribution in [0.5, 0.6) is 11.5 Å². The molecule has 0 N–H and O–H groups in total. The van der Waals surface area contributed by atoms with Crippen LogP contribution in [-0.4, -0.2) is 18.3 Å². The number of fused-ring (bicyclic) bond motifs is 3. The van der Waals surface area contributed by atoms with E-state index in [2.05, 4.69) is 9.98 Å². The Kier molecular flexibility index (Phi) is 3.16. The van der Waals surface area contributed by atoms with Gasteiger partial charge in [0.05, 0.1) is 30.2 Å². The maximum Gasteiger partial charge on any atom is 0.210 e. The molecule has 0 saturated heterocycles. The summed E-state index contributed by atoms with van der Waals surface area (Å²) in [5.41, 5.74) is 1.90. The van der Waals surface area contributed by atoms with E-state index in [1.807, 2.05) is 30.3 Å². The van der Waals surface area contributed by atoms with Gasteiger partial charge in [-0.2, -0.15) is 0 Å². The third-order valence-corrected chi connectivity index (χ3v) is 4.27. The molecule has 0 bridgehead atoms. The maximum atomic E-state index is 5.78. The number of furan rings is 1. The van der Waals surface area contributed by atoms with Gasteiger partial charge < -0.3 is 13.9 Å². The predicted molar refractivity (Wildman–Crippen MR) is 84.4 cm³/mol. The molecule has 6 heteroatoms. The monoisotopic (exact) mass is 312 g/mol. The molecule has 0 amide bonds. The maximum absolute atomic E-state index is 5.78. The van der Waals surface area contributed by atoms with Crippen molar-refractivity contribution >= 4 is 22.7 Å². The first-order chi connectivity index (χ1) is 10.8. The molecule has 0 radical (unpaired) electrons. The van der Waals surface area contributed by atoms with Gasteiger partial charge in [0, 0.05) is 11.6 Å². The topological polar surface area (TPSA) is 56.9 Å². The molecule has 3 aromatic rings. The molecular formula is C16H12N2O3S. The Morgan fingerprint density at radius 3 is 3.14 bits per heavy atom. The molecule has 1 aromatic carbocycles. The first-order valence-corrected chi connectivity index (χ1v) is 7.53. The largest absolute Gasteiger partial charge is 0.497 e. The van der Waals surface area contributed by atoms with Crippen molar-refractivity contribution in [3.05, 3.63) is 47.2 Å². The lowest BCUT2D eigenvalue weighted by Crippen LogP contribution is -2.03. The molecule has 4 rings (SSSR count). The Morgan fingerprint density at radius 2 is 2.32 bits per heavy atom.